The number of methoxy groups -OCH3 is 1. The lowest BCUT2D eigenvalue weighted by molar-refractivity contribution is -0.112. The number of ether oxygens (including phenoxy) is 1. The van der Waals surface area contributed by atoms with Crippen molar-refractivity contribution >= 4 is 51.0 Å². The molecule has 1 aliphatic rings. The van der Waals surface area contributed by atoms with E-state index >= 15 is 0 Å². The van der Waals surface area contributed by atoms with E-state index in [9.17, 15) is 9.90 Å². The number of halogens is 1. The van der Waals surface area contributed by atoms with Crippen LogP contribution in [-0.4, -0.2) is 22.7 Å². The van der Waals surface area contributed by atoms with Crippen molar-refractivity contribution in [3.8, 4) is 17.3 Å². The number of nitrogens with zero attached hydrogens (tertiary/aromatic N) is 2. The van der Waals surface area contributed by atoms with E-state index in [2.05, 4.69) is 20.9 Å². The number of rotatable bonds is 3. The number of benzene rings is 2. The topological polar surface area (TPSA) is 63.8 Å². The third-order valence-electron chi connectivity index (χ3n) is 4.00. The molecule has 0 atom stereocenters. The summed E-state index contributed by atoms with van der Waals surface area (Å²) in [6.45, 7) is 0. The van der Waals surface area contributed by atoms with E-state index < -0.39 is 5.91 Å². The van der Waals surface area contributed by atoms with Crippen molar-refractivity contribution in [2.45, 2.75) is 0 Å². The van der Waals surface area contributed by atoms with Gasteiger partial charge in [-0.3, -0.25) is 9.36 Å². The molecule has 0 radical (unpaired) electrons. The molecule has 8 heteroatoms. The molecule has 0 saturated carbocycles. The second-order valence-corrected chi connectivity index (χ2v) is 8.04. The zero-order valence-electron chi connectivity index (χ0n) is 13.4. The van der Waals surface area contributed by atoms with E-state index in [0.717, 1.165) is 15.8 Å². The first-order valence-electron chi connectivity index (χ1n) is 7.52. The molecule has 0 bridgehead atoms. The van der Waals surface area contributed by atoms with Crippen LogP contribution < -0.4 is 15.3 Å². The Morgan fingerprint density at radius 2 is 2.04 bits per heavy atom. The highest BCUT2D eigenvalue weighted by molar-refractivity contribution is 9.10. The standard InChI is InChI=1S/C18H11BrN2O3S2/c1-24-13-5-3-2-4-12(13)21-17(23)15(26-18(21)25)14-10-8-9(19)6-7-11(10)20-16(14)22/h2-8,23H,1H3. The molecule has 1 aliphatic heterocycles. The molecule has 0 unspecified atom stereocenters. The number of thiazole rings is 1. The zero-order chi connectivity index (χ0) is 18.4. The third-order valence-corrected chi connectivity index (χ3v) is 5.88. The first-order valence-corrected chi connectivity index (χ1v) is 9.54. The number of amides is 1. The lowest BCUT2D eigenvalue weighted by Crippen LogP contribution is -2.22. The van der Waals surface area contributed by atoms with E-state index in [0.29, 0.717) is 36.4 Å². The van der Waals surface area contributed by atoms with Gasteiger partial charge in [0.05, 0.1) is 23.7 Å². The summed E-state index contributed by atoms with van der Waals surface area (Å²) in [6.07, 6.45) is 0. The summed E-state index contributed by atoms with van der Waals surface area (Å²) in [5, 5.41) is 12.1. The van der Waals surface area contributed by atoms with Crippen LogP contribution in [-0.2, 0) is 4.79 Å². The second-order valence-electron chi connectivity index (χ2n) is 5.48. The van der Waals surface area contributed by atoms with Crippen molar-refractivity contribution in [3.05, 3.63) is 66.3 Å². The van der Waals surface area contributed by atoms with Gasteiger partial charge in [0.15, 0.2) is 3.95 Å². The van der Waals surface area contributed by atoms with Crippen LogP contribution in [0, 0.1) is 3.95 Å². The van der Waals surface area contributed by atoms with Crippen LogP contribution in [0.4, 0.5) is 0 Å². The Hall–Kier alpha value is -2.29. The highest BCUT2D eigenvalue weighted by atomic mass is 79.9. The number of carbonyl (C=O) groups is 1. The molecular weight excluding hydrogens is 436 g/mol. The van der Waals surface area contributed by atoms with Crippen LogP contribution in [0.15, 0.2) is 51.9 Å². The molecule has 26 heavy (non-hydrogen) atoms. The van der Waals surface area contributed by atoms with Gasteiger partial charge in [0, 0.05) is 9.69 Å². The molecule has 4 rings (SSSR count). The number of carbonyl (C=O) groups excluding carboxylic acids is 1. The van der Waals surface area contributed by atoms with Crippen molar-refractivity contribution in [1.82, 2.24) is 4.57 Å². The molecule has 1 N–H and O–H groups in total. The maximum Gasteiger partial charge on any atom is 0.279 e. The average Bonchev–Trinajstić information content (AvgIpc) is 3.09. The molecule has 1 amide bonds. The number of fused-ring (bicyclic) bond motifs is 1. The van der Waals surface area contributed by atoms with Gasteiger partial charge in [0.25, 0.3) is 5.91 Å². The van der Waals surface area contributed by atoms with Gasteiger partial charge in [-0.05, 0) is 42.5 Å². The molecule has 5 nitrogen and oxygen atoms in total. The van der Waals surface area contributed by atoms with Gasteiger partial charge in [0.2, 0.25) is 5.88 Å². The lowest BCUT2D eigenvalue weighted by Gasteiger charge is -2.10. The summed E-state index contributed by atoms with van der Waals surface area (Å²) in [4.78, 5) is 16.9. The fourth-order valence-corrected chi connectivity index (χ4v) is 4.59. The van der Waals surface area contributed by atoms with Gasteiger partial charge in [-0.1, -0.05) is 28.1 Å². The maximum absolute atomic E-state index is 12.5. The minimum atomic E-state index is -0.392. The van der Waals surface area contributed by atoms with Gasteiger partial charge in [-0.2, -0.15) is 0 Å². The monoisotopic (exact) mass is 446 g/mol. The molecule has 3 aromatic rings. The summed E-state index contributed by atoms with van der Waals surface area (Å²) >= 11 is 10.0. The molecular formula is C18H11BrN2O3S2. The van der Waals surface area contributed by atoms with Crippen LogP contribution in [0.5, 0.6) is 11.6 Å². The van der Waals surface area contributed by atoms with E-state index in [4.69, 9.17) is 17.0 Å². The lowest BCUT2D eigenvalue weighted by atomic mass is 10.1. The number of para-hydroxylation sites is 2. The Kier molecular flexibility index (Phi) is 4.26. The van der Waals surface area contributed by atoms with E-state index in [-0.39, 0.29) is 5.88 Å². The van der Waals surface area contributed by atoms with Crippen LogP contribution >= 0.6 is 39.5 Å². The predicted molar refractivity (Wildman–Crippen MR) is 105 cm³/mol. The molecule has 0 aliphatic carbocycles. The molecule has 2 aromatic carbocycles. The Balaban J connectivity index is 2.03. The predicted octanol–water partition coefficient (Wildman–Crippen LogP) is 3.10. The largest absolute Gasteiger partial charge is 0.495 e. The number of aromatic hydroxyl groups is 1. The minimum absolute atomic E-state index is 0.101. The van der Waals surface area contributed by atoms with E-state index in [1.165, 1.54) is 4.57 Å². The minimum Gasteiger partial charge on any atom is -0.495 e. The summed E-state index contributed by atoms with van der Waals surface area (Å²) in [5.74, 6) is 0.0755. The van der Waals surface area contributed by atoms with Gasteiger partial charge >= 0.3 is 0 Å². The van der Waals surface area contributed by atoms with E-state index in [1.807, 2.05) is 24.3 Å². The Bertz CT molecular complexity index is 1240. The molecule has 2 heterocycles. The van der Waals surface area contributed by atoms with Crippen molar-refractivity contribution in [1.29, 1.82) is 0 Å². The number of hydrogen-bond acceptors (Lipinski definition) is 5. The highest BCUT2D eigenvalue weighted by Crippen LogP contribution is 2.37. The maximum atomic E-state index is 12.5. The van der Waals surface area contributed by atoms with Crippen molar-refractivity contribution < 1.29 is 14.6 Å². The molecule has 0 saturated heterocycles. The first-order chi connectivity index (χ1) is 12.5. The van der Waals surface area contributed by atoms with Crippen LogP contribution in [0.2, 0.25) is 0 Å². The Labute approximate surface area is 165 Å². The average molecular weight is 447 g/mol. The smallest absolute Gasteiger partial charge is 0.279 e. The fourth-order valence-electron chi connectivity index (χ4n) is 2.86. The van der Waals surface area contributed by atoms with Crippen molar-refractivity contribution in [2.24, 2.45) is 4.99 Å². The number of hydrogen-bond donors (Lipinski definition) is 1. The highest BCUT2D eigenvalue weighted by Gasteiger charge is 2.26. The van der Waals surface area contributed by atoms with Gasteiger partial charge in [0.1, 0.15) is 10.6 Å². The number of aromatic nitrogens is 1. The summed E-state index contributed by atoms with van der Waals surface area (Å²) in [7, 11) is 1.55. The summed E-state index contributed by atoms with van der Waals surface area (Å²) in [6, 6.07) is 12.6. The molecule has 0 fully saturated rings. The molecule has 130 valence electrons. The van der Waals surface area contributed by atoms with Gasteiger partial charge in [-0.25, -0.2) is 4.99 Å². The first kappa shape index (κ1) is 17.1. The van der Waals surface area contributed by atoms with Crippen molar-refractivity contribution in [3.63, 3.8) is 0 Å². The normalized spacial score (nSPS) is 12.8. The zero-order valence-corrected chi connectivity index (χ0v) is 16.6. The molecule has 0 spiro atoms. The van der Waals surface area contributed by atoms with E-state index in [1.54, 1.807) is 25.3 Å². The van der Waals surface area contributed by atoms with Gasteiger partial charge in [-0.15, -0.1) is 11.3 Å². The Morgan fingerprint density at radius 3 is 2.81 bits per heavy atom. The van der Waals surface area contributed by atoms with Crippen LogP contribution in [0.3, 0.4) is 0 Å². The SMILES string of the molecule is COc1ccccc1-n1c(O)c(C2=c3cc(Br)ccc3=NC2=O)sc1=S. The second kappa shape index (κ2) is 6.46. The Morgan fingerprint density at radius 1 is 1.27 bits per heavy atom. The molecule has 1 aromatic heterocycles. The van der Waals surface area contributed by atoms with Crippen LogP contribution in [0.1, 0.15) is 4.88 Å². The summed E-state index contributed by atoms with van der Waals surface area (Å²) in [5.41, 5.74) is 0.959. The fraction of sp³-hybridized carbons (Fsp3) is 0.0556. The van der Waals surface area contributed by atoms with Crippen LogP contribution in [0.25, 0.3) is 11.3 Å². The third kappa shape index (κ3) is 2.61. The van der Waals surface area contributed by atoms with Crippen molar-refractivity contribution in [2.75, 3.05) is 7.11 Å². The quantitative estimate of drug-likeness (QED) is 0.627. The summed E-state index contributed by atoms with van der Waals surface area (Å²) < 4.78 is 8.10. The van der Waals surface area contributed by atoms with Gasteiger partial charge < -0.3 is 9.84 Å².